The zero-order valence-electron chi connectivity index (χ0n) is 15.1. The second-order valence-electron chi connectivity index (χ2n) is 7.27. The van der Waals surface area contributed by atoms with Crippen LogP contribution in [0.1, 0.15) is 35.6 Å². The van der Waals surface area contributed by atoms with E-state index in [9.17, 15) is 13.2 Å². The van der Waals surface area contributed by atoms with Crippen molar-refractivity contribution >= 4 is 15.7 Å². The molecule has 27 heavy (non-hydrogen) atoms. The number of carbonyl (C=O) groups excluding carboxylic acids is 1. The van der Waals surface area contributed by atoms with E-state index in [1.807, 2.05) is 42.5 Å². The molecule has 1 fully saturated rings. The van der Waals surface area contributed by atoms with E-state index in [0.717, 1.165) is 41.9 Å². The molecule has 0 saturated carbocycles. The van der Waals surface area contributed by atoms with Crippen LogP contribution in [-0.4, -0.2) is 32.4 Å². The van der Waals surface area contributed by atoms with Crippen molar-refractivity contribution in [2.24, 2.45) is 5.92 Å². The summed E-state index contributed by atoms with van der Waals surface area (Å²) < 4.78 is 29.2. The van der Waals surface area contributed by atoms with Gasteiger partial charge < -0.3 is 10.1 Å². The first kappa shape index (κ1) is 18.0. The zero-order valence-corrected chi connectivity index (χ0v) is 15.9. The van der Waals surface area contributed by atoms with Crippen LogP contribution in [0.15, 0.2) is 48.5 Å². The highest BCUT2D eigenvalue weighted by Gasteiger charge is 2.34. The van der Waals surface area contributed by atoms with Gasteiger partial charge in [0.05, 0.1) is 30.1 Å². The molecule has 2 aromatic carbocycles. The number of hydrogen-bond acceptors (Lipinski definition) is 4. The summed E-state index contributed by atoms with van der Waals surface area (Å²) in [6, 6.07) is 15.5. The van der Waals surface area contributed by atoms with Crippen LogP contribution >= 0.6 is 0 Å². The largest absolute Gasteiger partial charge is 0.493 e. The maximum atomic E-state index is 12.8. The Hall–Kier alpha value is -2.34. The fourth-order valence-electron chi connectivity index (χ4n) is 3.83. The maximum absolute atomic E-state index is 12.8. The molecular formula is C21H23NO4S. The van der Waals surface area contributed by atoms with Crippen molar-refractivity contribution in [1.82, 2.24) is 5.32 Å². The third kappa shape index (κ3) is 4.00. The minimum absolute atomic E-state index is 0.0572. The minimum Gasteiger partial charge on any atom is -0.493 e. The number of fused-ring (bicyclic) bond motifs is 1. The Balaban J connectivity index is 1.63. The number of sulfone groups is 1. The van der Waals surface area contributed by atoms with E-state index in [1.54, 1.807) is 0 Å². The summed E-state index contributed by atoms with van der Waals surface area (Å²) in [5.74, 6) is 0.279. The van der Waals surface area contributed by atoms with E-state index >= 15 is 0 Å². The van der Waals surface area contributed by atoms with E-state index in [1.165, 1.54) is 0 Å². The van der Waals surface area contributed by atoms with Crippen LogP contribution in [0.4, 0.5) is 0 Å². The normalized spacial score (nSPS) is 21.7. The summed E-state index contributed by atoms with van der Waals surface area (Å²) >= 11 is 0. The first-order valence-corrected chi connectivity index (χ1v) is 11.2. The van der Waals surface area contributed by atoms with Gasteiger partial charge in [-0.25, -0.2) is 8.42 Å². The molecule has 0 unspecified atom stereocenters. The third-order valence-electron chi connectivity index (χ3n) is 5.29. The van der Waals surface area contributed by atoms with Crippen molar-refractivity contribution in [3.63, 3.8) is 0 Å². The molecule has 1 N–H and O–H groups in total. The molecule has 2 aliphatic heterocycles. The van der Waals surface area contributed by atoms with Gasteiger partial charge in [0.25, 0.3) is 0 Å². The highest BCUT2D eigenvalue weighted by Crippen LogP contribution is 2.31. The molecule has 1 saturated heterocycles. The Labute approximate surface area is 159 Å². The van der Waals surface area contributed by atoms with Gasteiger partial charge in [0.2, 0.25) is 5.91 Å². The number of amides is 1. The Morgan fingerprint density at radius 3 is 2.67 bits per heavy atom. The van der Waals surface area contributed by atoms with Gasteiger partial charge in [-0.2, -0.15) is 0 Å². The Morgan fingerprint density at radius 1 is 1.11 bits per heavy atom. The summed E-state index contributed by atoms with van der Waals surface area (Å²) in [6.07, 6.45) is 2.34. The average molecular weight is 385 g/mol. The predicted molar refractivity (Wildman–Crippen MR) is 103 cm³/mol. The number of carbonyl (C=O) groups is 1. The van der Waals surface area contributed by atoms with Gasteiger partial charge in [-0.3, -0.25) is 4.79 Å². The van der Waals surface area contributed by atoms with Crippen LogP contribution in [0.3, 0.4) is 0 Å². The van der Waals surface area contributed by atoms with Gasteiger partial charge in [-0.05, 0) is 48.1 Å². The molecule has 2 heterocycles. The maximum Gasteiger partial charge on any atom is 0.224 e. The molecule has 1 amide bonds. The van der Waals surface area contributed by atoms with Crippen molar-refractivity contribution in [2.45, 2.75) is 25.3 Å². The van der Waals surface area contributed by atoms with Crippen LogP contribution in [0.5, 0.6) is 5.75 Å². The highest BCUT2D eigenvalue weighted by atomic mass is 32.2. The van der Waals surface area contributed by atoms with Crippen LogP contribution in [0.25, 0.3) is 0 Å². The molecule has 0 spiro atoms. The number of nitrogens with one attached hydrogen (secondary N) is 1. The monoisotopic (exact) mass is 385 g/mol. The van der Waals surface area contributed by atoms with Crippen molar-refractivity contribution in [2.75, 3.05) is 18.1 Å². The van der Waals surface area contributed by atoms with E-state index < -0.39 is 15.8 Å². The average Bonchev–Trinajstić information content (AvgIpc) is 3.06. The first-order valence-electron chi connectivity index (χ1n) is 9.33. The topological polar surface area (TPSA) is 72.5 Å². The number of ether oxygens (including phenoxy) is 1. The lowest BCUT2D eigenvalue weighted by Crippen LogP contribution is -2.35. The second-order valence-corrected chi connectivity index (χ2v) is 9.50. The highest BCUT2D eigenvalue weighted by molar-refractivity contribution is 7.91. The summed E-state index contributed by atoms with van der Waals surface area (Å²) in [7, 11) is -3.09. The number of benzene rings is 2. The molecule has 6 heteroatoms. The molecule has 4 rings (SSSR count). The first-order chi connectivity index (χ1) is 13.0. The number of hydrogen-bond donors (Lipinski definition) is 1. The third-order valence-corrected chi connectivity index (χ3v) is 7.06. The molecule has 0 radical (unpaired) electrons. The van der Waals surface area contributed by atoms with E-state index in [4.69, 9.17) is 4.74 Å². The van der Waals surface area contributed by atoms with Crippen molar-refractivity contribution in [3.05, 3.63) is 65.2 Å². The van der Waals surface area contributed by atoms with E-state index in [0.29, 0.717) is 6.42 Å². The summed E-state index contributed by atoms with van der Waals surface area (Å²) in [6.45, 7) is 0.737. The molecule has 2 aromatic rings. The summed E-state index contributed by atoms with van der Waals surface area (Å²) in [4.78, 5) is 12.8. The van der Waals surface area contributed by atoms with Gasteiger partial charge in [0, 0.05) is 0 Å². The molecule has 0 aromatic heterocycles. The Kier molecular flexibility index (Phi) is 4.91. The molecular weight excluding hydrogens is 362 g/mol. The standard InChI is InChI=1S/C21H23NO4S/c23-21(18-10-12-27(24,25)14-18)22-20(15-5-2-1-3-6-15)17-8-9-19-16(13-17)7-4-11-26-19/h1-3,5-6,8-9,13,18,20H,4,7,10-12,14H2,(H,22,23)/t18-,20+/m1/s1. The number of aryl methyl sites for hydroxylation is 1. The fourth-order valence-corrected chi connectivity index (χ4v) is 5.57. The van der Waals surface area contributed by atoms with Gasteiger partial charge in [-0.1, -0.05) is 36.4 Å². The SMILES string of the molecule is O=C(N[C@@H](c1ccccc1)c1ccc2c(c1)CCCO2)[C@@H]1CCS(=O)(=O)C1. The van der Waals surface area contributed by atoms with Crippen LogP contribution < -0.4 is 10.1 Å². The van der Waals surface area contributed by atoms with Crippen LogP contribution in [0.2, 0.25) is 0 Å². The van der Waals surface area contributed by atoms with Crippen molar-refractivity contribution < 1.29 is 17.9 Å². The molecule has 2 atom stereocenters. The van der Waals surface area contributed by atoms with Gasteiger partial charge in [-0.15, -0.1) is 0 Å². The molecule has 142 valence electrons. The lowest BCUT2D eigenvalue weighted by atomic mass is 9.94. The summed E-state index contributed by atoms with van der Waals surface area (Å²) in [5, 5.41) is 3.09. The minimum atomic E-state index is -3.09. The van der Waals surface area contributed by atoms with Crippen molar-refractivity contribution in [3.8, 4) is 5.75 Å². The van der Waals surface area contributed by atoms with Gasteiger partial charge >= 0.3 is 0 Å². The van der Waals surface area contributed by atoms with Gasteiger partial charge in [0.15, 0.2) is 9.84 Å². The molecule has 5 nitrogen and oxygen atoms in total. The van der Waals surface area contributed by atoms with Crippen LogP contribution in [0, 0.1) is 5.92 Å². The summed E-state index contributed by atoms with van der Waals surface area (Å²) in [5.41, 5.74) is 3.11. The second kappa shape index (κ2) is 7.35. The fraction of sp³-hybridized carbons (Fsp3) is 0.381. The van der Waals surface area contributed by atoms with Crippen molar-refractivity contribution in [1.29, 1.82) is 0 Å². The number of rotatable bonds is 4. The predicted octanol–water partition coefficient (Wildman–Crippen LogP) is 2.65. The lowest BCUT2D eigenvalue weighted by Gasteiger charge is -2.24. The van der Waals surface area contributed by atoms with Gasteiger partial charge in [0.1, 0.15) is 5.75 Å². The smallest absolute Gasteiger partial charge is 0.224 e. The van der Waals surface area contributed by atoms with E-state index in [2.05, 4.69) is 11.4 Å². The Morgan fingerprint density at radius 2 is 1.93 bits per heavy atom. The van der Waals surface area contributed by atoms with E-state index in [-0.39, 0.29) is 23.5 Å². The molecule has 2 aliphatic rings. The molecule has 0 aliphatic carbocycles. The molecule has 0 bridgehead atoms. The zero-order chi connectivity index (χ0) is 18.9. The Bertz CT molecular complexity index is 940. The lowest BCUT2D eigenvalue weighted by molar-refractivity contribution is -0.124. The van der Waals surface area contributed by atoms with Crippen LogP contribution in [-0.2, 0) is 21.1 Å². The quantitative estimate of drug-likeness (QED) is 0.878.